The van der Waals surface area contributed by atoms with Crippen LogP contribution in [0.25, 0.3) is 11.0 Å². The molecular weight excluding hydrogens is 441 g/mol. The number of nitrogens with one attached hydrogen (secondary N) is 1. The van der Waals surface area contributed by atoms with Crippen molar-refractivity contribution in [3.8, 4) is 0 Å². The summed E-state index contributed by atoms with van der Waals surface area (Å²) in [6.45, 7) is 4.74. The molecule has 5 rings (SSSR count). The minimum atomic E-state index is -0.312. The van der Waals surface area contributed by atoms with Crippen LogP contribution in [0.4, 0.5) is 10.1 Å². The first-order valence-corrected chi connectivity index (χ1v) is 12.5. The molecule has 1 saturated heterocycles. The molecule has 0 radical (unpaired) electrons. The molecule has 0 bridgehead atoms. The summed E-state index contributed by atoms with van der Waals surface area (Å²) in [5.41, 5.74) is 3.23. The number of benzene rings is 1. The molecule has 3 aromatic rings. The molecule has 8 heteroatoms. The Morgan fingerprint density at radius 1 is 1.30 bits per heavy atom. The number of likely N-dealkylation sites (tertiary alicyclic amines) is 1. The van der Waals surface area contributed by atoms with Crippen LogP contribution in [0.5, 0.6) is 0 Å². The number of fused-ring (bicyclic) bond motifs is 2. The maximum atomic E-state index is 13.4. The fourth-order valence-corrected chi connectivity index (χ4v) is 6.29. The van der Waals surface area contributed by atoms with E-state index in [1.165, 1.54) is 12.1 Å². The number of carbonyl (C=O) groups excluding carboxylic acids is 2. The van der Waals surface area contributed by atoms with Gasteiger partial charge >= 0.3 is 0 Å². The highest BCUT2D eigenvalue weighted by atomic mass is 32.1. The van der Waals surface area contributed by atoms with Crippen LogP contribution >= 0.6 is 11.3 Å². The number of halogens is 1. The van der Waals surface area contributed by atoms with Crippen LogP contribution in [0.2, 0.25) is 0 Å². The number of Topliss-reactive ketones (excluding diaryl/α,β-unsaturated/α-hetero) is 1. The molecule has 1 amide bonds. The van der Waals surface area contributed by atoms with E-state index in [2.05, 4.69) is 15.4 Å². The molecule has 33 heavy (non-hydrogen) atoms. The number of amides is 1. The number of ketones is 1. The molecule has 2 aliphatic rings. The van der Waals surface area contributed by atoms with Gasteiger partial charge in [-0.15, -0.1) is 11.3 Å². The van der Waals surface area contributed by atoms with Crippen molar-refractivity contribution in [2.45, 2.75) is 57.8 Å². The SMILES string of the molecule is Cc1c(C(=O)CCCN2CCC(c3noc4cc(F)ccc34)CC2)sc2c1NC(=O)CCC2. The van der Waals surface area contributed by atoms with Gasteiger partial charge in [0.15, 0.2) is 11.4 Å². The Balaban J connectivity index is 1.13. The second-order valence-corrected chi connectivity index (χ2v) is 10.2. The molecule has 0 aliphatic carbocycles. The van der Waals surface area contributed by atoms with E-state index in [0.29, 0.717) is 24.3 Å². The molecular formula is C25H28FN3O3S. The van der Waals surface area contributed by atoms with Gasteiger partial charge < -0.3 is 14.7 Å². The highest BCUT2D eigenvalue weighted by Crippen LogP contribution is 2.37. The fourth-order valence-electron chi connectivity index (χ4n) is 5.02. The lowest BCUT2D eigenvalue weighted by atomic mass is 9.91. The Hall–Kier alpha value is -2.58. The molecule has 4 heterocycles. The predicted octanol–water partition coefficient (Wildman–Crippen LogP) is 5.45. The minimum absolute atomic E-state index is 0.0443. The molecule has 1 N–H and O–H groups in total. The van der Waals surface area contributed by atoms with Crippen molar-refractivity contribution in [2.75, 3.05) is 25.0 Å². The van der Waals surface area contributed by atoms with Crippen LogP contribution in [0.1, 0.15) is 70.2 Å². The number of thiophene rings is 1. The summed E-state index contributed by atoms with van der Waals surface area (Å²) in [4.78, 5) is 29.1. The largest absolute Gasteiger partial charge is 0.356 e. The molecule has 0 spiro atoms. The third-order valence-corrected chi connectivity index (χ3v) is 8.25. The number of hydrogen-bond donors (Lipinski definition) is 1. The van der Waals surface area contributed by atoms with Crippen molar-refractivity contribution in [2.24, 2.45) is 0 Å². The van der Waals surface area contributed by atoms with Gasteiger partial charge in [0.2, 0.25) is 5.91 Å². The summed E-state index contributed by atoms with van der Waals surface area (Å²) in [5.74, 6) is 0.223. The highest BCUT2D eigenvalue weighted by molar-refractivity contribution is 7.14. The van der Waals surface area contributed by atoms with Gasteiger partial charge in [0.05, 0.1) is 16.3 Å². The molecule has 0 atom stereocenters. The van der Waals surface area contributed by atoms with Gasteiger partial charge in [-0.25, -0.2) is 4.39 Å². The first-order chi connectivity index (χ1) is 16.0. The molecule has 174 valence electrons. The lowest BCUT2D eigenvalue weighted by Gasteiger charge is -2.31. The quantitative estimate of drug-likeness (QED) is 0.486. The van der Waals surface area contributed by atoms with E-state index < -0.39 is 0 Å². The van der Waals surface area contributed by atoms with Crippen LogP contribution in [-0.4, -0.2) is 41.4 Å². The van der Waals surface area contributed by atoms with Crippen LogP contribution in [0.3, 0.4) is 0 Å². The molecule has 6 nitrogen and oxygen atoms in total. The smallest absolute Gasteiger partial charge is 0.224 e. The normalized spacial score (nSPS) is 17.7. The number of nitrogens with zero attached hydrogens (tertiary/aromatic N) is 2. The zero-order chi connectivity index (χ0) is 22.9. The third kappa shape index (κ3) is 4.59. The maximum absolute atomic E-state index is 13.4. The summed E-state index contributed by atoms with van der Waals surface area (Å²) in [7, 11) is 0. The maximum Gasteiger partial charge on any atom is 0.224 e. The Morgan fingerprint density at radius 3 is 2.94 bits per heavy atom. The third-order valence-electron chi connectivity index (χ3n) is 6.86. The summed E-state index contributed by atoms with van der Waals surface area (Å²) in [6.07, 6.45) is 5.54. The number of aryl methyl sites for hydroxylation is 1. The van der Waals surface area contributed by atoms with Crippen LogP contribution in [0, 0.1) is 12.7 Å². The topological polar surface area (TPSA) is 75.4 Å². The Morgan fingerprint density at radius 2 is 2.12 bits per heavy atom. The van der Waals surface area contributed by atoms with E-state index in [-0.39, 0.29) is 17.5 Å². The monoisotopic (exact) mass is 469 g/mol. The highest BCUT2D eigenvalue weighted by Gasteiger charge is 2.26. The molecule has 1 fully saturated rings. The van der Waals surface area contributed by atoms with E-state index in [1.807, 2.05) is 6.92 Å². The van der Waals surface area contributed by atoms with Gasteiger partial charge in [0.25, 0.3) is 0 Å². The lowest BCUT2D eigenvalue weighted by Crippen LogP contribution is -2.34. The summed E-state index contributed by atoms with van der Waals surface area (Å²) >= 11 is 1.55. The first kappa shape index (κ1) is 22.2. The van der Waals surface area contributed by atoms with Gasteiger partial charge in [-0.1, -0.05) is 5.16 Å². The average Bonchev–Trinajstić information content (AvgIpc) is 3.29. The van der Waals surface area contributed by atoms with E-state index in [1.54, 1.807) is 17.4 Å². The zero-order valence-corrected chi connectivity index (χ0v) is 19.6. The van der Waals surface area contributed by atoms with Gasteiger partial charge in [-0.2, -0.15) is 0 Å². The average molecular weight is 470 g/mol. The van der Waals surface area contributed by atoms with Crippen molar-refractivity contribution in [1.82, 2.24) is 10.1 Å². The van der Waals surface area contributed by atoms with Crippen molar-refractivity contribution in [3.63, 3.8) is 0 Å². The number of anilines is 1. The number of hydrogen-bond acceptors (Lipinski definition) is 6. The number of piperidine rings is 1. The number of rotatable bonds is 6. The minimum Gasteiger partial charge on any atom is -0.356 e. The predicted molar refractivity (Wildman–Crippen MR) is 127 cm³/mol. The van der Waals surface area contributed by atoms with Gasteiger partial charge in [-0.3, -0.25) is 9.59 Å². The van der Waals surface area contributed by atoms with Crippen molar-refractivity contribution in [1.29, 1.82) is 0 Å². The molecule has 2 aliphatic heterocycles. The van der Waals surface area contributed by atoms with Crippen LogP contribution in [0.15, 0.2) is 22.7 Å². The Labute approximate surface area is 196 Å². The first-order valence-electron chi connectivity index (χ1n) is 11.7. The second kappa shape index (κ2) is 9.35. The number of aromatic nitrogens is 1. The van der Waals surface area contributed by atoms with Crippen molar-refractivity contribution in [3.05, 3.63) is 45.0 Å². The standard InChI is InChI=1S/C25H28FN3O3S/c1-15-23-21(5-2-6-22(31)27-23)33-25(15)19(30)4-3-11-29-12-9-16(10-13-29)24-18-8-7-17(26)14-20(18)32-28-24/h7-8,14,16H,2-6,9-13H2,1H3,(H,27,31). The summed E-state index contributed by atoms with van der Waals surface area (Å²) < 4.78 is 18.7. The molecule has 1 aromatic carbocycles. The Bertz CT molecular complexity index is 1190. The fraction of sp³-hybridized carbons (Fsp3) is 0.480. The van der Waals surface area contributed by atoms with E-state index in [9.17, 15) is 14.0 Å². The summed E-state index contributed by atoms with van der Waals surface area (Å²) in [6, 6.07) is 4.60. The number of carbonyl (C=O) groups is 2. The second-order valence-electron chi connectivity index (χ2n) is 9.11. The molecule has 0 saturated carbocycles. The molecule has 2 aromatic heterocycles. The zero-order valence-electron chi connectivity index (χ0n) is 18.8. The van der Waals surface area contributed by atoms with Crippen molar-refractivity contribution >= 4 is 39.7 Å². The van der Waals surface area contributed by atoms with E-state index >= 15 is 0 Å². The Kier molecular flexibility index (Phi) is 6.29. The molecule has 0 unspecified atom stereocenters. The van der Waals surface area contributed by atoms with Crippen LogP contribution in [-0.2, 0) is 11.2 Å². The summed E-state index contributed by atoms with van der Waals surface area (Å²) in [5, 5.41) is 8.11. The van der Waals surface area contributed by atoms with E-state index in [0.717, 1.165) is 83.8 Å². The van der Waals surface area contributed by atoms with Crippen LogP contribution < -0.4 is 5.32 Å². The van der Waals surface area contributed by atoms with Crippen molar-refractivity contribution < 1.29 is 18.5 Å². The van der Waals surface area contributed by atoms with Gasteiger partial charge in [0, 0.05) is 35.1 Å². The van der Waals surface area contributed by atoms with Gasteiger partial charge in [-0.05, 0) is 76.4 Å². The van der Waals surface area contributed by atoms with Gasteiger partial charge in [0.1, 0.15) is 5.82 Å². The lowest BCUT2D eigenvalue weighted by molar-refractivity contribution is -0.116. The van der Waals surface area contributed by atoms with E-state index in [4.69, 9.17) is 4.52 Å².